The average Bonchev–Trinajstić information content (AvgIpc) is 3.20. The van der Waals surface area contributed by atoms with Crippen LogP contribution >= 0.6 is 0 Å². The molecule has 1 atom stereocenters. The van der Waals surface area contributed by atoms with Gasteiger partial charge in [-0.05, 0) is 34.1 Å². The van der Waals surface area contributed by atoms with Crippen molar-refractivity contribution in [2.45, 2.75) is 51.2 Å². The van der Waals surface area contributed by atoms with Crippen LogP contribution in [-0.4, -0.2) is 58.8 Å². The quantitative estimate of drug-likeness (QED) is 0.734. The lowest BCUT2D eigenvalue weighted by Crippen LogP contribution is -2.32. The van der Waals surface area contributed by atoms with Gasteiger partial charge in [-0.25, -0.2) is 18.4 Å². The van der Waals surface area contributed by atoms with Crippen molar-refractivity contribution in [3.63, 3.8) is 0 Å². The first-order valence-electron chi connectivity index (χ1n) is 8.83. The zero-order valence-corrected chi connectivity index (χ0v) is 17.0. The van der Waals surface area contributed by atoms with Crippen LogP contribution in [0.25, 0.3) is 0 Å². The van der Waals surface area contributed by atoms with E-state index in [2.05, 4.69) is 15.1 Å². The minimum atomic E-state index is -3.65. The van der Waals surface area contributed by atoms with Crippen molar-refractivity contribution in [1.82, 2.24) is 24.1 Å². The molecule has 2 aromatic heterocycles. The molecule has 0 amide bonds. The Balaban J connectivity index is 1.80. The summed E-state index contributed by atoms with van der Waals surface area (Å²) in [6, 6.07) is 0.0893. The van der Waals surface area contributed by atoms with Crippen molar-refractivity contribution in [2.24, 2.45) is 0 Å². The Kier molecular flexibility index (Phi) is 5.38. The molecule has 27 heavy (non-hydrogen) atoms. The Morgan fingerprint density at radius 1 is 1.19 bits per heavy atom. The highest BCUT2D eigenvalue weighted by Crippen LogP contribution is 2.30. The van der Waals surface area contributed by atoms with Gasteiger partial charge in [0.25, 0.3) is 11.8 Å². The van der Waals surface area contributed by atoms with E-state index < -0.39 is 10.0 Å². The fourth-order valence-corrected chi connectivity index (χ4v) is 5.20. The van der Waals surface area contributed by atoms with Gasteiger partial charge in [0.2, 0.25) is 10.0 Å². The first kappa shape index (κ1) is 19.6. The second-order valence-corrected chi connectivity index (χ2v) is 8.68. The van der Waals surface area contributed by atoms with Gasteiger partial charge < -0.3 is 9.47 Å². The number of hydrogen-bond donors (Lipinski definition) is 0. The molecule has 1 unspecified atom stereocenters. The fraction of sp³-hybridized carbons (Fsp3) is 0.588. The van der Waals surface area contributed by atoms with Gasteiger partial charge in [-0.15, -0.1) is 0 Å². The predicted molar refractivity (Wildman–Crippen MR) is 98.5 cm³/mol. The molecule has 9 nitrogen and oxygen atoms in total. The van der Waals surface area contributed by atoms with Crippen LogP contribution in [0, 0.1) is 13.8 Å². The molecule has 0 radical (unpaired) electrons. The van der Waals surface area contributed by atoms with E-state index in [0.29, 0.717) is 24.4 Å². The molecular formula is C17H25N5O4S. The molecule has 1 saturated heterocycles. The molecule has 10 heteroatoms. The normalized spacial score (nSPS) is 18.2. The third-order valence-electron chi connectivity index (χ3n) is 4.56. The predicted octanol–water partition coefficient (Wildman–Crippen LogP) is 1.72. The molecule has 0 aliphatic carbocycles. The smallest absolute Gasteiger partial charge is 0.278 e. The van der Waals surface area contributed by atoms with Gasteiger partial charge in [-0.1, -0.05) is 0 Å². The average molecular weight is 395 g/mol. The highest BCUT2D eigenvalue weighted by atomic mass is 32.2. The second kappa shape index (κ2) is 7.43. The SMILES string of the molecule is COc1nccnc1OC1CCN(S(=O)(=O)c2c(C)nn(C(C)C)c2C)C1. The summed E-state index contributed by atoms with van der Waals surface area (Å²) in [5.41, 5.74) is 1.17. The van der Waals surface area contributed by atoms with Gasteiger partial charge in [-0.2, -0.15) is 9.40 Å². The molecule has 0 bridgehead atoms. The Morgan fingerprint density at radius 3 is 2.44 bits per heavy atom. The Hall–Kier alpha value is -2.20. The van der Waals surface area contributed by atoms with E-state index in [1.165, 1.54) is 23.8 Å². The Morgan fingerprint density at radius 2 is 1.85 bits per heavy atom. The molecule has 0 saturated carbocycles. The van der Waals surface area contributed by atoms with E-state index in [-0.39, 0.29) is 35.3 Å². The summed E-state index contributed by atoms with van der Waals surface area (Å²) in [5, 5.41) is 4.40. The van der Waals surface area contributed by atoms with Gasteiger partial charge >= 0.3 is 0 Å². The maximum absolute atomic E-state index is 13.2. The van der Waals surface area contributed by atoms with Gasteiger partial charge in [0.15, 0.2) is 0 Å². The van der Waals surface area contributed by atoms with Crippen LogP contribution in [0.4, 0.5) is 0 Å². The van der Waals surface area contributed by atoms with Gasteiger partial charge in [-0.3, -0.25) is 4.68 Å². The number of aromatic nitrogens is 4. The summed E-state index contributed by atoms with van der Waals surface area (Å²) in [6.45, 7) is 8.09. The van der Waals surface area contributed by atoms with E-state index in [9.17, 15) is 8.42 Å². The first-order chi connectivity index (χ1) is 12.8. The molecule has 1 fully saturated rings. The van der Waals surface area contributed by atoms with Crippen molar-refractivity contribution < 1.29 is 17.9 Å². The van der Waals surface area contributed by atoms with E-state index >= 15 is 0 Å². The molecule has 0 N–H and O–H groups in total. The third kappa shape index (κ3) is 3.63. The molecule has 3 heterocycles. The standard InChI is InChI=1S/C17H25N5O4S/c1-11(2)22-13(4)15(12(3)20-22)27(23,24)21-9-6-14(10-21)26-17-16(25-5)18-7-8-19-17/h7-8,11,14H,6,9-10H2,1-5H3. The molecule has 1 aliphatic heterocycles. The van der Waals surface area contributed by atoms with Crippen molar-refractivity contribution >= 4 is 10.0 Å². The van der Waals surface area contributed by atoms with Crippen LogP contribution in [0.3, 0.4) is 0 Å². The van der Waals surface area contributed by atoms with Crippen LogP contribution in [0.2, 0.25) is 0 Å². The highest BCUT2D eigenvalue weighted by molar-refractivity contribution is 7.89. The van der Waals surface area contributed by atoms with Gasteiger partial charge in [0.1, 0.15) is 11.0 Å². The molecule has 1 aliphatic rings. The van der Waals surface area contributed by atoms with Crippen LogP contribution in [-0.2, 0) is 10.0 Å². The lowest BCUT2D eigenvalue weighted by molar-refractivity contribution is 0.194. The number of ether oxygens (including phenoxy) is 2. The number of sulfonamides is 1. The van der Waals surface area contributed by atoms with Crippen LogP contribution in [0.1, 0.15) is 37.7 Å². The minimum Gasteiger partial charge on any atom is -0.477 e. The summed E-state index contributed by atoms with van der Waals surface area (Å²) < 4.78 is 40.6. The zero-order chi connectivity index (χ0) is 19.8. The maximum atomic E-state index is 13.2. The van der Waals surface area contributed by atoms with E-state index in [0.717, 1.165) is 0 Å². The molecule has 0 spiro atoms. The number of nitrogens with zero attached hydrogens (tertiary/aromatic N) is 5. The summed E-state index contributed by atoms with van der Waals surface area (Å²) in [6.07, 6.45) is 3.27. The van der Waals surface area contributed by atoms with E-state index in [1.54, 1.807) is 18.5 Å². The molecular weight excluding hydrogens is 370 g/mol. The fourth-order valence-electron chi connectivity index (χ4n) is 3.36. The summed E-state index contributed by atoms with van der Waals surface area (Å²) in [4.78, 5) is 8.45. The topological polar surface area (TPSA) is 99.4 Å². The zero-order valence-electron chi connectivity index (χ0n) is 16.2. The summed E-state index contributed by atoms with van der Waals surface area (Å²) in [5.74, 6) is 0.549. The highest BCUT2D eigenvalue weighted by Gasteiger charge is 2.37. The first-order valence-corrected chi connectivity index (χ1v) is 10.3. The largest absolute Gasteiger partial charge is 0.477 e. The van der Waals surface area contributed by atoms with E-state index in [4.69, 9.17) is 9.47 Å². The Bertz CT molecular complexity index is 925. The number of hydrogen-bond acceptors (Lipinski definition) is 7. The lowest BCUT2D eigenvalue weighted by Gasteiger charge is -2.18. The van der Waals surface area contributed by atoms with Crippen LogP contribution < -0.4 is 9.47 Å². The monoisotopic (exact) mass is 395 g/mol. The molecule has 2 aromatic rings. The lowest BCUT2D eigenvalue weighted by atomic mass is 10.3. The molecule has 0 aromatic carbocycles. The number of aryl methyl sites for hydroxylation is 1. The van der Waals surface area contributed by atoms with Crippen LogP contribution in [0.5, 0.6) is 11.8 Å². The van der Waals surface area contributed by atoms with Crippen molar-refractivity contribution in [3.05, 3.63) is 23.8 Å². The summed E-state index contributed by atoms with van der Waals surface area (Å²) in [7, 11) is -2.16. The molecule has 3 rings (SSSR count). The van der Waals surface area contributed by atoms with Crippen molar-refractivity contribution in [2.75, 3.05) is 20.2 Å². The van der Waals surface area contributed by atoms with Gasteiger partial charge in [0.05, 0.1) is 25.0 Å². The number of rotatable bonds is 6. The van der Waals surface area contributed by atoms with Crippen molar-refractivity contribution in [3.8, 4) is 11.8 Å². The third-order valence-corrected chi connectivity index (χ3v) is 6.68. The van der Waals surface area contributed by atoms with Crippen LogP contribution in [0.15, 0.2) is 17.3 Å². The maximum Gasteiger partial charge on any atom is 0.278 e. The number of methoxy groups -OCH3 is 1. The summed E-state index contributed by atoms with van der Waals surface area (Å²) >= 11 is 0. The Labute approximate surface area is 159 Å². The molecule has 148 valence electrons. The minimum absolute atomic E-state index is 0.0893. The second-order valence-electron chi connectivity index (χ2n) is 6.80. The van der Waals surface area contributed by atoms with Gasteiger partial charge in [0, 0.05) is 25.0 Å². The van der Waals surface area contributed by atoms with Crippen molar-refractivity contribution in [1.29, 1.82) is 0 Å². The van der Waals surface area contributed by atoms with E-state index in [1.807, 2.05) is 13.8 Å².